The van der Waals surface area contributed by atoms with E-state index in [-0.39, 0.29) is 0 Å². The quantitative estimate of drug-likeness (QED) is 0.642. The number of piperidine rings is 1. The fourth-order valence-corrected chi connectivity index (χ4v) is 2.82. The molecule has 0 spiro atoms. The molecule has 2 heterocycles. The summed E-state index contributed by atoms with van der Waals surface area (Å²) in [5.74, 6) is 1.05. The molecular weight excluding hydrogens is 134 g/mol. The first-order valence-corrected chi connectivity index (χ1v) is 5.14. The Morgan fingerprint density at radius 3 is 2.36 bits per heavy atom. The Hall–Kier alpha value is -0.0400. The minimum atomic E-state index is 0.894. The Kier molecular flexibility index (Phi) is 2.17. The molecule has 0 radical (unpaired) electrons. The number of hydrogen-bond donors (Lipinski definition) is 1. The molecule has 0 aromatic rings. The zero-order valence-electron chi connectivity index (χ0n) is 7.47. The Labute approximate surface area is 69.6 Å². The summed E-state index contributed by atoms with van der Waals surface area (Å²) in [7, 11) is 0. The largest absolute Gasteiger partial charge is 0.311 e. The number of fused-ring (bicyclic) bond motifs is 2. The van der Waals surface area contributed by atoms with Crippen LogP contribution in [0, 0.1) is 5.92 Å². The van der Waals surface area contributed by atoms with Crippen LogP contribution in [0.2, 0.25) is 0 Å². The molecule has 64 valence electrons. The molecular formula is C10H19N. The van der Waals surface area contributed by atoms with Gasteiger partial charge in [-0.25, -0.2) is 0 Å². The third-order valence-electron chi connectivity index (χ3n) is 3.27. The van der Waals surface area contributed by atoms with E-state index in [4.69, 9.17) is 0 Å². The molecule has 0 amide bonds. The van der Waals surface area contributed by atoms with Gasteiger partial charge < -0.3 is 5.32 Å². The van der Waals surface area contributed by atoms with Crippen LogP contribution in [-0.2, 0) is 0 Å². The van der Waals surface area contributed by atoms with Gasteiger partial charge in [0.1, 0.15) is 0 Å². The van der Waals surface area contributed by atoms with Gasteiger partial charge in [-0.15, -0.1) is 0 Å². The standard InChI is InChI=1S/C10H19N/c1-2-3-8-6-9-4-5-10(7-8)11-9/h8-11H,2-7H2,1H3/t8-,9+,10-. The van der Waals surface area contributed by atoms with E-state index in [0.29, 0.717) is 0 Å². The van der Waals surface area contributed by atoms with Crippen molar-refractivity contribution in [2.45, 2.75) is 57.5 Å². The minimum Gasteiger partial charge on any atom is -0.311 e. The number of nitrogens with one attached hydrogen (secondary N) is 1. The molecule has 2 rings (SSSR count). The van der Waals surface area contributed by atoms with E-state index in [9.17, 15) is 0 Å². The van der Waals surface area contributed by atoms with Crippen LogP contribution in [-0.4, -0.2) is 12.1 Å². The summed E-state index contributed by atoms with van der Waals surface area (Å²) in [6, 6.07) is 1.79. The van der Waals surface area contributed by atoms with E-state index in [0.717, 1.165) is 18.0 Å². The molecule has 11 heavy (non-hydrogen) atoms. The number of hydrogen-bond acceptors (Lipinski definition) is 1. The Balaban J connectivity index is 1.87. The predicted molar refractivity (Wildman–Crippen MR) is 47.6 cm³/mol. The summed E-state index contributed by atoms with van der Waals surface area (Å²) in [6.07, 6.45) is 8.67. The van der Waals surface area contributed by atoms with Crippen LogP contribution >= 0.6 is 0 Å². The minimum absolute atomic E-state index is 0.894. The van der Waals surface area contributed by atoms with E-state index in [1.54, 1.807) is 0 Å². The summed E-state index contributed by atoms with van der Waals surface area (Å²) in [6.45, 7) is 2.31. The third-order valence-corrected chi connectivity index (χ3v) is 3.27. The van der Waals surface area contributed by atoms with Crippen molar-refractivity contribution in [1.82, 2.24) is 5.32 Å². The van der Waals surface area contributed by atoms with Crippen LogP contribution in [0.4, 0.5) is 0 Å². The second-order valence-electron chi connectivity index (χ2n) is 4.26. The molecule has 1 N–H and O–H groups in total. The van der Waals surface area contributed by atoms with E-state index >= 15 is 0 Å². The van der Waals surface area contributed by atoms with Crippen LogP contribution in [0.15, 0.2) is 0 Å². The highest BCUT2D eigenvalue weighted by atomic mass is 15.0. The molecule has 2 fully saturated rings. The van der Waals surface area contributed by atoms with Gasteiger partial charge in [-0.2, -0.15) is 0 Å². The summed E-state index contributed by atoms with van der Waals surface area (Å²) < 4.78 is 0. The highest BCUT2D eigenvalue weighted by molar-refractivity contribution is 4.91. The molecule has 3 atom stereocenters. The van der Waals surface area contributed by atoms with Gasteiger partial charge in [0.15, 0.2) is 0 Å². The normalized spacial score (nSPS) is 42.8. The zero-order chi connectivity index (χ0) is 7.68. The van der Waals surface area contributed by atoms with E-state index < -0.39 is 0 Å². The Morgan fingerprint density at radius 1 is 1.18 bits per heavy atom. The van der Waals surface area contributed by atoms with Gasteiger partial charge in [-0.1, -0.05) is 19.8 Å². The van der Waals surface area contributed by atoms with E-state index in [1.165, 1.54) is 38.5 Å². The van der Waals surface area contributed by atoms with Gasteiger partial charge in [-0.3, -0.25) is 0 Å². The second-order valence-corrected chi connectivity index (χ2v) is 4.26. The van der Waals surface area contributed by atoms with Crippen LogP contribution in [0.5, 0.6) is 0 Å². The molecule has 1 nitrogen and oxygen atoms in total. The summed E-state index contributed by atoms with van der Waals surface area (Å²) in [5.41, 5.74) is 0. The van der Waals surface area contributed by atoms with Crippen molar-refractivity contribution in [3.63, 3.8) is 0 Å². The van der Waals surface area contributed by atoms with Crippen LogP contribution in [0.3, 0.4) is 0 Å². The van der Waals surface area contributed by atoms with Crippen LogP contribution < -0.4 is 5.32 Å². The van der Waals surface area contributed by atoms with E-state index in [1.807, 2.05) is 0 Å². The smallest absolute Gasteiger partial charge is 0.00728 e. The van der Waals surface area contributed by atoms with E-state index in [2.05, 4.69) is 12.2 Å². The lowest BCUT2D eigenvalue weighted by atomic mass is 9.89. The maximum atomic E-state index is 3.68. The molecule has 2 saturated heterocycles. The molecule has 0 aromatic heterocycles. The molecule has 0 aliphatic carbocycles. The van der Waals surface area contributed by atoms with Crippen molar-refractivity contribution < 1.29 is 0 Å². The maximum Gasteiger partial charge on any atom is 0.00728 e. The molecule has 1 heteroatoms. The highest BCUT2D eigenvalue weighted by Crippen LogP contribution is 2.32. The van der Waals surface area contributed by atoms with Crippen molar-refractivity contribution in [1.29, 1.82) is 0 Å². The van der Waals surface area contributed by atoms with Crippen molar-refractivity contribution in [3.8, 4) is 0 Å². The predicted octanol–water partition coefficient (Wildman–Crippen LogP) is 2.32. The molecule has 0 saturated carbocycles. The van der Waals surface area contributed by atoms with Gasteiger partial charge in [0.25, 0.3) is 0 Å². The molecule has 2 aliphatic rings. The SMILES string of the molecule is CCC[C@H]1C[C@H]2CC[C@@H](C1)N2. The van der Waals surface area contributed by atoms with Crippen molar-refractivity contribution in [3.05, 3.63) is 0 Å². The molecule has 2 bridgehead atoms. The molecule has 0 aromatic carbocycles. The van der Waals surface area contributed by atoms with Gasteiger partial charge in [0.2, 0.25) is 0 Å². The third kappa shape index (κ3) is 1.58. The van der Waals surface area contributed by atoms with Crippen molar-refractivity contribution in [2.24, 2.45) is 5.92 Å². The fourth-order valence-electron chi connectivity index (χ4n) is 2.82. The summed E-state index contributed by atoms with van der Waals surface area (Å²) >= 11 is 0. The Bertz CT molecular complexity index is 121. The first-order chi connectivity index (χ1) is 5.38. The number of rotatable bonds is 2. The van der Waals surface area contributed by atoms with Crippen LogP contribution in [0.1, 0.15) is 45.4 Å². The Morgan fingerprint density at radius 2 is 1.82 bits per heavy atom. The average molecular weight is 153 g/mol. The topological polar surface area (TPSA) is 12.0 Å². The zero-order valence-corrected chi connectivity index (χ0v) is 7.47. The lowest BCUT2D eigenvalue weighted by Crippen LogP contribution is -2.37. The van der Waals surface area contributed by atoms with Crippen LogP contribution in [0.25, 0.3) is 0 Å². The average Bonchev–Trinajstić information content (AvgIpc) is 2.32. The summed E-state index contributed by atoms with van der Waals surface area (Å²) in [4.78, 5) is 0. The molecule has 2 aliphatic heterocycles. The van der Waals surface area contributed by atoms with Crippen molar-refractivity contribution in [2.75, 3.05) is 0 Å². The van der Waals surface area contributed by atoms with Gasteiger partial charge in [0, 0.05) is 12.1 Å². The summed E-state index contributed by atoms with van der Waals surface area (Å²) in [5, 5.41) is 3.68. The van der Waals surface area contributed by atoms with Gasteiger partial charge in [-0.05, 0) is 31.6 Å². The molecule has 0 unspecified atom stereocenters. The van der Waals surface area contributed by atoms with Gasteiger partial charge >= 0.3 is 0 Å². The van der Waals surface area contributed by atoms with Gasteiger partial charge in [0.05, 0.1) is 0 Å². The lowest BCUT2D eigenvalue weighted by Gasteiger charge is -2.28. The monoisotopic (exact) mass is 153 g/mol. The first-order valence-electron chi connectivity index (χ1n) is 5.14. The second kappa shape index (κ2) is 3.14. The van der Waals surface area contributed by atoms with Crippen molar-refractivity contribution >= 4 is 0 Å². The fraction of sp³-hybridized carbons (Fsp3) is 1.00. The first kappa shape index (κ1) is 7.60. The lowest BCUT2D eigenvalue weighted by molar-refractivity contribution is 0.284. The highest BCUT2D eigenvalue weighted by Gasteiger charge is 2.32. The maximum absolute atomic E-state index is 3.68.